The van der Waals surface area contributed by atoms with Crippen LogP contribution in [0.4, 0.5) is 5.69 Å². The summed E-state index contributed by atoms with van der Waals surface area (Å²) in [6.07, 6.45) is 0. The van der Waals surface area contributed by atoms with Gasteiger partial charge >= 0.3 is 0 Å². The maximum atomic E-state index is 12.8. The molecule has 0 bridgehead atoms. The number of ether oxygens (including phenoxy) is 1. The first kappa shape index (κ1) is 26.7. The number of morpholine rings is 1. The van der Waals surface area contributed by atoms with Crippen LogP contribution in [-0.4, -0.2) is 61.5 Å². The van der Waals surface area contributed by atoms with E-state index in [2.05, 4.69) is 5.32 Å². The molecular formula is C27H26ClN3O5S2. The van der Waals surface area contributed by atoms with E-state index in [0.29, 0.717) is 54.9 Å². The molecule has 2 aliphatic rings. The van der Waals surface area contributed by atoms with E-state index in [1.807, 2.05) is 41.3 Å². The molecule has 11 heteroatoms. The van der Waals surface area contributed by atoms with Gasteiger partial charge in [-0.2, -0.15) is 4.31 Å². The van der Waals surface area contributed by atoms with Crippen LogP contribution in [0.25, 0.3) is 0 Å². The number of carbonyl (C=O) groups is 2. The molecule has 0 radical (unpaired) electrons. The van der Waals surface area contributed by atoms with E-state index in [1.54, 1.807) is 36.0 Å². The molecule has 0 aliphatic carbocycles. The van der Waals surface area contributed by atoms with Gasteiger partial charge in [-0.1, -0.05) is 35.9 Å². The lowest BCUT2D eigenvalue weighted by Crippen LogP contribution is -2.40. The third kappa shape index (κ3) is 5.89. The number of anilines is 1. The maximum absolute atomic E-state index is 12.8. The fourth-order valence-corrected chi connectivity index (χ4v) is 7.06. The van der Waals surface area contributed by atoms with Crippen molar-refractivity contribution in [1.29, 1.82) is 0 Å². The smallest absolute Gasteiger partial charge is 0.255 e. The maximum Gasteiger partial charge on any atom is 0.255 e. The summed E-state index contributed by atoms with van der Waals surface area (Å²) >= 11 is 7.53. The molecule has 0 aromatic heterocycles. The summed E-state index contributed by atoms with van der Waals surface area (Å²) in [5.41, 5.74) is 2.88. The predicted molar refractivity (Wildman–Crippen MR) is 148 cm³/mol. The number of benzene rings is 3. The normalized spacial score (nSPS) is 18.5. The Labute approximate surface area is 231 Å². The number of halogens is 1. The van der Waals surface area contributed by atoms with Crippen LogP contribution in [0, 0.1) is 0 Å². The number of thioether (sulfide) groups is 1. The molecule has 38 heavy (non-hydrogen) atoms. The van der Waals surface area contributed by atoms with Gasteiger partial charge in [0.15, 0.2) is 0 Å². The standard InChI is InChI=1S/C27H26ClN3O5S2/c28-22-7-1-19(2-8-22)17-31-25(32)18-37-27(31)21-5-3-20(4-6-21)26(33)29-23-9-11-24(12-10-23)38(34,35)30-13-15-36-16-14-30/h1-12,27H,13-18H2,(H,29,33)/t27-/m0/s1. The van der Waals surface area contributed by atoms with Crippen LogP contribution in [0.5, 0.6) is 0 Å². The van der Waals surface area contributed by atoms with Crippen molar-refractivity contribution in [1.82, 2.24) is 9.21 Å². The molecule has 2 heterocycles. The minimum atomic E-state index is -3.60. The summed E-state index contributed by atoms with van der Waals surface area (Å²) in [7, 11) is -3.60. The molecule has 0 unspecified atom stereocenters. The Balaban J connectivity index is 1.23. The Morgan fingerprint density at radius 1 is 0.974 bits per heavy atom. The van der Waals surface area contributed by atoms with E-state index >= 15 is 0 Å². The van der Waals surface area contributed by atoms with E-state index in [-0.39, 0.29) is 22.1 Å². The number of nitrogens with one attached hydrogen (secondary N) is 1. The highest BCUT2D eigenvalue weighted by Crippen LogP contribution is 2.39. The molecule has 8 nitrogen and oxygen atoms in total. The fourth-order valence-electron chi connectivity index (χ4n) is 4.34. The molecule has 5 rings (SSSR count). The first-order valence-corrected chi connectivity index (χ1v) is 14.9. The van der Waals surface area contributed by atoms with Gasteiger partial charge in [0.05, 0.1) is 23.9 Å². The minimum Gasteiger partial charge on any atom is -0.379 e. The number of nitrogens with zero attached hydrogens (tertiary/aromatic N) is 2. The number of carbonyl (C=O) groups excluding carboxylic acids is 2. The zero-order valence-corrected chi connectivity index (χ0v) is 22.8. The Morgan fingerprint density at radius 3 is 2.29 bits per heavy atom. The van der Waals surface area contributed by atoms with E-state index in [4.69, 9.17) is 16.3 Å². The van der Waals surface area contributed by atoms with Crippen LogP contribution in [0.15, 0.2) is 77.7 Å². The first-order chi connectivity index (χ1) is 18.3. The second-order valence-electron chi connectivity index (χ2n) is 8.93. The third-order valence-corrected chi connectivity index (χ3v) is 9.83. The molecule has 2 amide bonds. The van der Waals surface area contributed by atoms with Crippen molar-refractivity contribution in [2.75, 3.05) is 37.4 Å². The summed E-state index contributed by atoms with van der Waals surface area (Å²) in [6, 6.07) is 20.8. The van der Waals surface area contributed by atoms with Gasteiger partial charge in [-0.15, -0.1) is 11.8 Å². The molecule has 0 spiro atoms. The summed E-state index contributed by atoms with van der Waals surface area (Å²) in [4.78, 5) is 27.4. The molecule has 0 saturated carbocycles. The summed E-state index contributed by atoms with van der Waals surface area (Å²) in [5.74, 6) is 0.155. The average Bonchev–Trinajstić information content (AvgIpc) is 3.30. The number of rotatable bonds is 7. The van der Waals surface area contributed by atoms with Crippen molar-refractivity contribution in [2.45, 2.75) is 16.8 Å². The van der Waals surface area contributed by atoms with Gasteiger partial charge in [-0.05, 0) is 59.7 Å². The average molecular weight is 572 g/mol. The van der Waals surface area contributed by atoms with E-state index < -0.39 is 10.0 Å². The van der Waals surface area contributed by atoms with Crippen LogP contribution in [0.2, 0.25) is 5.02 Å². The Morgan fingerprint density at radius 2 is 1.63 bits per heavy atom. The monoisotopic (exact) mass is 571 g/mol. The summed E-state index contributed by atoms with van der Waals surface area (Å²) in [6.45, 7) is 1.88. The van der Waals surface area contributed by atoms with E-state index in [9.17, 15) is 18.0 Å². The van der Waals surface area contributed by atoms with Gasteiger partial charge in [-0.3, -0.25) is 9.59 Å². The molecule has 198 valence electrons. The highest BCUT2D eigenvalue weighted by atomic mass is 35.5. The number of sulfonamides is 1. The van der Waals surface area contributed by atoms with Gasteiger partial charge in [0.25, 0.3) is 5.91 Å². The van der Waals surface area contributed by atoms with Crippen molar-refractivity contribution in [2.24, 2.45) is 0 Å². The second kappa shape index (κ2) is 11.5. The quantitative estimate of drug-likeness (QED) is 0.452. The highest BCUT2D eigenvalue weighted by molar-refractivity contribution is 8.00. The largest absolute Gasteiger partial charge is 0.379 e. The number of hydrogen-bond acceptors (Lipinski definition) is 6. The summed E-state index contributed by atoms with van der Waals surface area (Å²) in [5, 5.41) is 3.32. The molecule has 1 atom stereocenters. The van der Waals surface area contributed by atoms with Gasteiger partial charge in [0.2, 0.25) is 15.9 Å². The van der Waals surface area contributed by atoms with Crippen LogP contribution < -0.4 is 5.32 Å². The lowest BCUT2D eigenvalue weighted by Gasteiger charge is -2.26. The van der Waals surface area contributed by atoms with Crippen LogP contribution in [0.1, 0.15) is 26.9 Å². The molecule has 1 N–H and O–H groups in total. The zero-order chi connectivity index (χ0) is 26.7. The zero-order valence-electron chi connectivity index (χ0n) is 20.4. The van der Waals surface area contributed by atoms with Crippen molar-refractivity contribution in [3.8, 4) is 0 Å². The Bertz CT molecular complexity index is 1410. The fraction of sp³-hybridized carbons (Fsp3) is 0.259. The van der Waals surface area contributed by atoms with Crippen LogP contribution in [-0.2, 0) is 26.1 Å². The van der Waals surface area contributed by atoms with Gasteiger partial charge in [0.1, 0.15) is 5.37 Å². The molecule has 3 aromatic carbocycles. The lowest BCUT2D eigenvalue weighted by molar-refractivity contribution is -0.128. The van der Waals surface area contributed by atoms with E-state index in [0.717, 1.165) is 11.1 Å². The second-order valence-corrected chi connectivity index (χ2v) is 12.4. The first-order valence-electron chi connectivity index (χ1n) is 12.1. The van der Waals surface area contributed by atoms with E-state index in [1.165, 1.54) is 16.4 Å². The molecule has 2 saturated heterocycles. The van der Waals surface area contributed by atoms with Gasteiger partial charge < -0.3 is 15.0 Å². The molecule has 3 aromatic rings. The van der Waals surface area contributed by atoms with Crippen molar-refractivity contribution in [3.05, 3.63) is 94.5 Å². The Kier molecular flexibility index (Phi) is 8.06. The molecule has 2 fully saturated rings. The summed E-state index contributed by atoms with van der Waals surface area (Å²) < 4.78 is 32.2. The predicted octanol–water partition coefficient (Wildman–Crippen LogP) is 4.39. The van der Waals surface area contributed by atoms with Gasteiger partial charge in [-0.25, -0.2) is 8.42 Å². The number of hydrogen-bond donors (Lipinski definition) is 1. The van der Waals surface area contributed by atoms with Crippen LogP contribution >= 0.6 is 23.4 Å². The SMILES string of the molecule is O=C(Nc1ccc(S(=O)(=O)N2CCOCC2)cc1)c1ccc([C@@H]2SCC(=O)N2Cc2ccc(Cl)cc2)cc1. The van der Waals surface area contributed by atoms with Crippen molar-refractivity contribution >= 4 is 50.9 Å². The molecule has 2 aliphatic heterocycles. The topological polar surface area (TPSA) is 96.0 Å². The third-order valence-electron chi connectivity index (χ3n) is 6.41. The molecular weight excluding hydrogens is 546 g/mol. The van der Waals surface area contributed by atoms with Crippen molar-refractivity contribution < 1.29 is 22.7 Å². The minimum absolute atomic E-state index is 0.0656. The van der Waals surface area contributed by atoms with Gasteiger partial charge in [0, 0.05) is 35.9 Å². The van der Waals surface area contributed by atoms with Crippen molar-refractivity contribution in [3.63, 3.8) is 0 Å². The Hall–Kier alpha value is -2.89. The highest BCUT2D eigenvalue weighted by Gasteiger charge is 2.33. The van der Waals surface area contributed by atoms with Crippen LogP contribution in [0.3, 0.4) is 0 Å². The lowest BCUT2D eigenvalue weighted by atomic mass is 10.1. The number of amides is 2.